The number of anilines is 1. The first-order valence-electron chi connectivity index (χ1n) is 8.21. The van der Waals surface area contributed by atoms with Crippen molar-refractivity contribution in [3.63, 3.8) is 0 Å². The molecule has 1 N–H and O–H groups in total. The molecule has 1 aromatic carbocycles. The minimum Gasteiger partial charge on any atom is -0.356 e. The van der Waals surface area contributed by atoms with Crippen molar-refractivity contribution in [2.24, 2.45) is 5.92 Å². The van der Waals surface area contributed by atoms with Crippen LogP contribution >= 0.6 is 0 Å². The van der Waals surface area contributed by atoms with Crippen LogP contribution in [0, 0.1) is 5.92 Å². The van der Waals surface area contributed by atoms with Gasteiger partial charge in [0.05, 0.1) is 5.92 Å². The highest BCUT2D eigenvalue weighted by Crippen LogP contribution is 2.32. The molecule has 0 bridgehead atoms. The predicted molar refractivity (Wildman–Crippen MR) is 88.9 cm³/mol. The van der Waals surface area contributed by atoms with E-state index in [1.54, 1.807) is 4.90 Å². The lowest BCUT2D eigenvalue weighted by Crippen LogP contribution is -2.33. The van der Waals surface area contributed by atoms with Crippen molar-refractivity contribution in [3.8, 4) is 0 Å². The molecule has 1 atom stereocenters. The van der Waals surface area contributed by atoms with Gasteiger partial charge in [-0.3, -0.25) is 9.59 Å². The standard InChI is InChI=1S/C18H26N2O2/c1-4-5-10-19-18(22)14-11-17(21)20(12-14)16-9-7-6-8-15(16)13(2)3/h6-9,13-14H,4-5,10-12H2,1-3H3,(H,19,22). The van der Waals surface area contributed by atoms with Gasteiger partial charge in [0.15, 0.2) is 0 Å². The molecule has 0 radical (unpaired) electrons. The maximum atomic E-state index is 12.3. The third-order valence-corrected chi connectivity index (χ3v) is 4.17. The molecule has 1 heterocycles. The van der Waals surface area contributed by atoms with Crippen molar-refractivity contribution in [1.82, 2.24) is 5.32 Å². The summed E-state index contributed by atoms with van der Waals surface area (Å²) in [6, 6.07) is 7.98. The quantitative estimate of drug-likeness (QED) is 0.821. The first kappa shape index (κ1) is 16.5. The van der Waals surface area contributed by atoms with E-state index in [9.17, 15) is 9.59 Å². The van der Waals surface area contributed by atoms with Gasteiger partial charge in [-0.05, 0) is 24.0 Å². The molecule has 1 aliphatic heterocycles. The average Bonchev–Trinajstić information content (AvgIpc) is 2.89. The summed E-state index contributed by atoms with van der Waals surface area (Å²) in [6.07, 6.45) is 2.34. The van der Waals surface area contributed by atoms with Gasteiger partial charge in [0.2, 0.25) is 11.8 Å². The Morgan fingerprint density at radius 2 is 2.09 bits per heavy atom. The molecule has 1 fully saturated rings. The second kappa shape index (κ2) is 7.43. The molecule has 1 aromatic rings. The Labute approximate surface area is 132 Å². The lowest BCUT2D eigenvalue weighted by molar-refractivity contribution is -0.126. The van der Waals surface area contributed by atoms with Gasteiger partial charge in [-0.15, -0.1) is 0 Å². The Hall–Kier alpha value is -1.84. The van der Waals surface area contributed by atoms with Gasteiger partial charge >= 0.3 is 0 Å². The highest BCUT2D eigenvalue weighted by atomic mass is 16.2. The zero-order valence-corrected chi connectivity index (χ0v) is 13.8. The minimum atomic E-state index is -0.232. The molecule has 1 aliphatic rings. The molecule has 1 unspecified atom stereocenters. The zero-order chi connectivity index (χ0) is 16.1. The summed E-state index contributed by atoms with van der Waals surface area (Å²) in [5.41, 5.74) is 2.11. The highest BCUT2D eigenvalue weighted by molar-refractivity contribution is 6.00. The van der Waals surface area contributed by atoms with Crippen molar-refractivity contribution in [3.05, 3.63) is 29.8 Å². The summed E-state index contributed by atoms with van der Waals surface area (Å²) >= 11 is 0. The minimum absolute atomic E-state index is 0.00586. The molecule has 4 nitrogen and oxygen atoms in total. The summed E-state index contributed by atoms with van der Waals surface area (Å²) in [6.45, 7) is 7.52. The van der Waals surface area contributed by atoms with Crippen molar-refractivity contribution < 1.29 is 9.59 Å². The van der Waals surface area contributed by atoms with Gasteiger partial charge in [0.1, 0.15) is 0 Å². The van der Waals surface area contributed by atoms with E-state index in [-0.39, 0.29) is 17.7 Å². The zero-order valence-electron chi connectivity index (χ0n) is 13.8. The van der Waals surface area contributed by atoms with Crippen molar-refractivity contribution >= 4 is 17.5 Å². The first-order chi connectivity index (χ1) is 10.5. The second-order valence-electron chi connectivity index (χ2n) is 6.26. The molecule has 0 saturated carbocycles. The summed E-state index contributed by atoms with van der Waals surface area (Å²) in [5.74, 6) is 0.168. The van der Waals surface area contributed by atoms with Gasteiger partial charge in [-0.1, -0.05) is 45.4 Å². The van der Waals surface area contributed by atoms with E-state index in [2.05, 4.69) is 32.2 Å². The van der Waals surface area contributed by atoms with Crippen molar-refractivity contribution in [1.29, 1.82) is 0 Å². The Morgan fingerprint density at radius 1 is 1.36 bits per heavy atom. The van der Waals surface area contributed by atoms with E-state index in [1.165, 1.54) is 0 Å². The molecular formula is C18H26N2O2. The monoisotopic (exact) mass is 302 g/mol. The maximum absolute atomic E-state index is 12.3. The summed E-state index contributed by atoms with van der Waals surface area (Å²) in [5, 5.41) is 2.94. The van der Waals surface area contributed by atoms with Crippen molar-refractivity contribution in [2.45, 2.75) is 46.0 Å². The Bertz CT molecular complexity index is 540. The molecule has 120 valence electrons. The van der Waals surface area contributed by atoms with Crippen LogP contribution in [0.2, 0.25) is 0 Å². The Kier molecular flexibility index (Phi) is 5.58. The largest absolute Gasteiger partial charge is 0.356 e. The highest BCUT2D eigenvalue weighted by Gasteiger charge is 2.35. The summed E-state index contributed by atoms with van der Waals surface area (Å²) in [4.78, 5) is 26.3. The Morgan fingerprint density at radius 3 is 2.77 bits per heavy atom. The third-order valence-electron chi connectivity index (χ3n) is 4.17. The van der Waals surface area contributed by atoms with Crippen LogP contribution in [0.25, 0.3) is 0 Å². The molecule has 2 rings (SSSR count). The summed E-state index contributed by atoms with van der Waals surface area (Å²) < 4.78 is 0. The second-order valence-corrected chi connectivity index (χ2v) is 6.26. The normalized spacial score (nSPS) is 18.1. The van der Waals surface area contributed by atoms with Crippen LogP contribution in [-0.4, -0.2) is 24.9 Å². The number of nitrogens with one attached hydrogen (secondary N) is 1. The molecule has 4 heteroatoms. The van der Waals surface area contributed by atoms with E-state index in [4.69, 9.17) is 0 Å². The van der Waals surface area contributed by atoms with Crippen LogP contribution < -0.4 is 10.2 Å². The fourth-order valence-corrected chi connectivity index (χ4v) is 2.87. The molecule has 0 aromatic heterocycles. The number of carbonyl (C=O) groups excluding carboxylic acids is 2. The SMILES string of the molecule is CCCCNC(=O)C1CC(=O)N(c2ccccc2C(C)C)C1. The fraction of sp³-hybridized carbons (Fsp3) is 0.556. The lowest BCUT2D eigenvalue weighted by Gasteiger charge is -2.22. The number of unbranched alkanes of at least 4 members (excludes halogenated alkanes) is 1. The van der Waals surface area contributed by atoms with E-state index >= 15 is 0 Å². The molecule has 22 heavy (non-hydrogen) atoms. The van der Waals surface area contributed by atoms with Crippen LogP contribution in [0.3, 0.4) is 0 Å². The lowest BCUT2D eigenvalue weighted by atomic mass is 10.0. The number of rotatable bonds is 6. The third kappa shape index (κ3) is 3.67. The topological polar surface area (TPSA) is 49.4 Å². The van der Waals surface area contributed by atoms with Gasteiger partial charge in [-0.2, -0.15) is 0 Å². The van der Waals surface area contributed by atoms with Crippen LogP contribution in [0.5, 0.6) is 0 Å². The van der Waals surface area contributed by atoms with E-state index < -0.39 is 0 Å². The van der Waals surface area contributed by atoms with Gasteiger partial charge in [0, 0.05) is 25.2 Å². The van der Waals surface area contributed by atoms with Crippen LogP contribution in [0.15, 0.2) is 24.3 Å². The number of hydrogen-bond acceptors (Lipinski definition) is 2. The molecule has 2 amide bonds. The maximum Gasteiger partial charge on any atom is 0.227 e. The number of carbonyl (C=O) groups is 2. The van der Waals surface area contributed by atoms with E-state index in [0.717, 1.165) is 24.1 Å². The van der Waals surface area contributed by atoms with Crippen LogP contribution in [0.1, 0.15) is 51.5 Å². The molecular weight excluding hydrogens is 276 g/mol. The molecule has 1 saturated heterocycles. The number of para-hydroxylation sites is 1. The van der Waals surface area contributed by atoms with E-state index in [1.807, 2.05) is 18.2 Å². The predicted octanol–water partition coefficient (Wildman–Crippen LogP) is 3.08. The number of benzene rings is 1. The molecule has 0 spiro atoms. The first-order valence-corrected chi connectivity index (χ1v) is 8.21. The van der Waals surface area contributed by atoms with Gasteiger partial charge in [0.25, 0.3) is 0 Å². The van der Waals surface area contributed by atoms with Gasteiger partial charge in [-0.25, -0.2) is 0 Å². The van der Waals surface area contributed by atoms with Gasteiger partial charge < -0.3 is 10.2 Å². The average molecular weight is 302 g/mol. The van der Waals surface area contributed by atoms with E-state index in [0.29, 0.717) is 25.4 Å². The van der Waals surface area contributed by atoms with Crippen LogP contribution in [-0.2, 0) is 9.59 Å². The van der Waals surface area contributed by atoms with Crippen molar-refractivity contribution in [2.75, 3.05) is 18.0 Å². The molecule has 0 aliphatic carbocycles. The Balaban J connectivity index is 2.08. The number of hydrogen-bond donors (Lipinski definition) is 1. The summed E-state index contributed by atoms with van der Waals surface area (Å²) in [7, 11) is 0. The number of amides is 2. The fourth-order valence-electron chi connectivity index (χ4n) is 2.87. The van der Waals surface area contributed by atoms with Crippen LogP contribution in [0.4, 0.5) is 5.69 Å². The smallest absolute Gasteiger partial charge is 0.227 e. The number of nitrogens with zero attached hydrogens (tertiary/aromatic N) is 1.